The van der Waals surface area contributed by atoms with E-state index in [4.69, 9.17) is 4.74 Å². The Labute approximate surface area is 243 Å². The number of fused-ring (bicyclic) bond motifs is 1. The predicted molar refractivity (Wildman–Crippen MR) is 157 cm³/mol. The Morgan fingerprint density at radius 1 is 1.05 bits per heavy atom. The number of H-pyrrole nitrogens is 1. The molecule has 1 amide bonds. The number of carbonyl (C=O) groups is 2. The van der Waals surface area contributed by atoms with Crippen LogP contribution in [0.4, 0.5) is 0 Å². The number of benzene rings is 3. The Kier molecular flexibility index (Phi) is 9.51. The highest BCUT2D eigenvalue weighted by atomic mass is 32.2. The van der Waals surface area contributed by atoms with Crippen molar-refractivity contribution < 1.29 is 24.5 Å². The van der Waals surface area contributed by atoms with Crippen LogP contribution in [-0.2, 0) is 18.6 Å². The molecule has 41 heavy (non-hydrogen) atoms. The maximum Gasteiger partial charge on any atom is 0.251 e. The summed E-state index contributed by atoms with van der Waals surface area (Å²) >= 11 is 1.56. The topological polar surface area (TPSA) is 125 Å². The fourth-order valence-corrected chi connectivity index (χ4v) is 5.99. The molecular weight excluding hydrogens is 538 g/mol. The number of imidazole rings is 1. The van der Waals surface area contributed by atoms with Crippen LogP contribution in [-0.4, -0.2) is 51.1 Å². The lowest BCUT2D eigenvalue weighted by Gasteiger charge is -2.25. The minimum atomic E-state index is -0.717. The van der Waals surface area contributed by atoms with Gasteiger partial charge in [-0.1, -0.05) is 36.4 Å². The first-order valence-electron chi connectivity index (χ1n) is 13.7. The number of nitrogens with one attached hydrogen (secondary N) is 2. The maximum atomic E-state index is 12.8. The van der Waals surface area contributed by atoms with E-state index in [1.54, 1.807) is 42.4 Å². The summed E-state index contributed by atoms with van der Waals surface area (Å²) in [4.78, 5) is 33.9. The summed E-state index contributed by atoms with van der Waals surface area (Å²) in [6, 6.07) is 20.3. The quantitative estimate of drug-likeness (QED) is 0.182. The summed E-state index contributed by atoms with van der Waals surface area (Å²) in [5.41, 5.74) is 4.23. The smallest absolute Gasteiger partial charge is 0.251 e. The number of carbonyl (C=O) groups excluding carboxylic acids is 2. The molecule has 9 heteroatoms. The Morgan fingerprint density at radius 3 is 2.63 bits per heavy atom. The number of nitrogens with zero attached hydrogens (tertiary/aromatic N) is 1. The molecule has 1 aromatic heterocycles. The zero-order chi connectivity index (χ0) is 28.6. The van der Waals surface area contributed by atoms with Crippen LogP contribution in [0.25, 0.3) is 0 Å². The second kappa shape index (κ2) is 13.6. The number of amides is 1. The lowest BCUT2D eigenvalue weighted by Crippen LogP contribution is -2.40. The van der Waals surface area contributed by atoms with Crippen LogP contribution in [0.15, 0.2) is 84.0 Å². The Balaban J connectivity index is 1.43. The molecule has 0 bridgehead atoms. The van der Waals surface area contributed by atoms with Crippen LogP contribution in [0.5, 0.6) is 5.75 Å². The summed E-state index contributed by atoms with van der Waals surface area (Å²) in [7, 11) is 0. The first-order valence-corrected chi connectivity index (χ1v) is 14.7. The van der Waals surface area contributed by atoms with Gasteiger partial charge in [0.15, 0.2) is 5.78 Å². The number of aromatic amines is 1. The molecule has 5 rings (SSSR count). The van der Waals surface area contributed by atoms with Crippen molar-refractivity contribution in [2.75, 3.05) is 13.2 Å². The average molecular weight is 572 g/mol. The van der Waals surface area contributed by atoms with Gasteiger partial charge in [0.1, 0.15) is 17.7 Å². The van der Waals surface area contributed by atoms with Crippen molar-refractivity contribution in [3.63, 3.8) is 0 Å². The van der Waals surface area contributed by atoms with Gasteiger partial charge in [-0.2, -0.15) is 0 Å². The van der Waals surface area contributed by atoms with E-state index in [9.17, 15) is 19.8 Å². The molecule has 0 aliphatic heterocycles. The van der Waals surface area contributed by atoms with Gasteiger partial charge in [0, 0.05) is 52.6 Å². The number of Topliss-reactive ketones (excluding diaryl/α,β-unsaturated/α-hetero) is 1. The molecule has 0 spiro atoms. The molecule has 4 N–H and O–H groups in total. The van der Waals surface area contributed by atoms with Crippen LogP contribution < -0.4 is 10.1 Å². The normalized spacial score (nSPS) is 13.6. The fourth-order valence-electron chi connectivity index (χ4n) is 4.98. The van der Waals surface area contributed by atoms with Crippen LogP contribution >= 0.6 is 11.8 Å². The van der Waals surface area contributed by atoms with Crippen molar-refractivity contribution >= 4 is 23.5 Å². The summed E-state index contributed by atoms with van der Waals surface area (Å²) in [6.45, 7) is -0.692. The Hall–Kier alpha value is -3.92. The average Bonchev–Trinajstić information content (AvgIpc) is 3.52. The van der Waals surface area contributed by atoms with E-state index >= 15 is 0 Å². The van der Waals surface area contributed by atoms with Crippen LogP contribution in [0.1, 0.15) is 62.2 Å². The SMILES string of the molecule is O=C(NC(CO)CO)c1cccc(SCc2c(O[C@@H](Cc3ncc[nH]3)c3ccccc3)ccc3c2CCCC3=O)c1. The zero-order valence-corrected chi connectivity index (χ0v) is 23.4. The summed E-state index contributed by atoms with van der Waals surface area (Å²) in [5, 5.41) is 21.3. The molecule has 8 nitrogen and oxygen atoms in total. The first-order chi connectivity index (χ1) is 20.1. The van der Waals surface area contributed by atoms with Gasteiger partial charge in [0.2, 0.25) is 0 Å². The second-order valence-corrected chi connectivity index (χ2v) is 11.0. The molecule has 1 aliphatic rings. The Morgan fingerprint density at radius 2 is 1.88 bits per heavy atom. The van der Waals surface area contributed by atoms with Gasteiger partial charge in [-0.3, -0.25) is 9.59 Å². The minimum Gasteiger partial charge on any atom is -0.485 e. The van der Waals surface area contributed by atoms with Gasteiger partial charge in [0.25, 0.3) is 5.91 Å². The van der Waals surface area contributed by atoms with Crippen molar-refractivity contribution in [3.05, 3.63) is 113 Å². The van der Waals surface area contributed by atoms with E-state index in [1.165, 1.54) is 0 Å². The van der Waals surface area contributed by atoms with E-state index < -0.39 is 6.04 Å². The van der Waals surface area contributed by atoms with E-state index in [0.717, 1.165) is 51.6 Å². The molecule has 3 aromatic carbocycles. The summed E-state index contributed by atoms with van der Waals surface area (Å²) in [5.74, 6) is 1.89. The number of hydrogen-bond donors (Lipinski definition) is 4. The first kappa shape index (κ1) is 28.6. The molecule has 0 unspecified atom stereocenters. The third-order valence-corrected chi connectivity index (χ3v) is 8.17. The molecule has 1 aliphatic carbocycles. The van der Waals surface area contributed by atoms with Crippen molar-refractivity contribution in [1.82, 2.24) is 15.3 Å². The minimum absolute atomic E-state index is 0.153. The van der Waals surface area contributed by atoms with Crippen molar-refractivity contribution in [2.45, 2.75) is 48.5 Å². The number of thioether (sulfide) groups is 1. The highest BCUT2D eigenvalue weighted by Crippen LogP contribution is 2.38. The maximum absolute atomic E-state index is 12.8. The highest BCUT2D eigenvalue weighted by molar-refractivity contribution is 7.98. The zero-order valence-electron chi connectivity index (χ0n) is 22.6. The van der Waals surface area contributed by atoms with Gasteiger partial charge in [-0.15, -0.1) is 11.8 Å². The monoisotopic (exact) mass is 571 g/mol. The van der Waals surface area contributed by atoms with Crippen molar-refractivity contribution in [2.24, 2.45) is 0 Å². The third kappa shape index (κ3) is 7.05. The van der Waals surface area contributed by atoms with Gasteiger partial charge in [0.05, 0.1) is 19.3 Å². The molecule has 212 valence electrons. The molecule has 0 radical (unpaired) electrons. The molecule has 1 heterocycles. The van der Waals surface area contributed by atoms with E-state index in [1.807, 2.05) is 48.5 Å². The highest BCUT2D eigenvalue weighted by Gasteiger charge is 2.25. The van der Waals surface area contributed by atoms with Gasteiger partial charge in [-0.05, 0) is 54.3 Å². The molecule has 1 atom stereocenters. The molecule has 0 fully saturated rings. The second-order valence-electron chi connectivity index (χ2n) is 9.95. The summed E-state index contributed by atoms with van der Waals surface area (Å²) in [6.07, 6.45) is 5.94. The van der Waals surface area contributed by atoms with Gasteiger partial charge < -0.3 is 25.3 Å². The largest absolute Gasteiger partial charge is 0.485 e. The number of aromatic nitrogens is 2. The van der Waals surface area contributed by atoms with E-state index in [-0.39, 0.29) is 31.0 Å². The lowest BCUT2D eigenvalue weighted by atomic mass is 9.87. The third-order valence-electron chi connectivity index (χ3n) is 7.15. The number of hydrogen-bond acceptors (Lipinski definition) is 7. The van der Waals surface area contributed by atoms with Gasteiger partial charge >= 0.3 is 0 Å². The van der Waals surface area contributed by atoms with Crippen LogP contribution in [0, 0.1) is 0 Å². The molecule has 4 aromatic rings. The Bertz CT molecular complexity index is 1470. The number of aliphatic hydroxyl groups is 2. The molecular formula is C32H33N3O5S. The molecule has 0 saturated carbocycles. The lowest BCUT2D eigenvalue weighted by molar-refractivity contribution is 0.0878. The summed E-state index contributed by atoms with van der Waals surface area (Å²) < 4.78 is 6.73. The predicted octanol–water partition coefficient (Wildman–Crippen LogP) is 4.67. The van der Waals surface area contributed by atoms with Crippen molar-refractivity contribution in [3.8, 4) is 5.75 Å². The van der Waals surface area contributed by atoms with Crippen molar-refractivity contribution in [1.29, 1.82) is 0 Å². The van der Waals surface area contributed by atoms with E-state index in [0.29, 0.717) is 24.2 Å². The van der Waals surface area contributed by atoms with Gasteiger partial charge in [-0.25, -0.2) is 4.98 Å². The number of ketones is 1. The van der Waals surface area contributed by atoms with Crippen LogP contribution in [0.2, 0.25) is 0 Å². The number of aliphatic hydroxyl groups excluding tert-OH is 2. The number of rotatable bonds is 12. The van der Waals surface area contributed by atoms with Crippen LogP contribution in [0.3, 0.4) is 0 Å². The number of ether oxygens (including phenoxy) is 1. The van der Waals surface area contributed by atoms with E-state index in [2.05, 4.69) is 15.3 Å². The fraction of sp³-hybridized carbons (Fsp3) is 0.281. The standard InChI is InChI=1S/C32H33N3O5S/c36-18-23(19-37)35-32(39)22-8-4-9-24(16-22)41-20-27-25-10-5-11-28(38)26(25)12-13-29(27)40-30(17-31-33-14-15-34-31)21-6-2-1-3-7-21/h1-4,6-9,12-16,23,30,36-37H,5,10-11,17-20H2,(H,33,34)(H,35,39)/t30-/m0/s1. The molecule has 0 saturated heterocycles.